The quantitative estimate of drug-likeness (QED) is 0.246. The molecule has 2 aromatic carbocycles. The van der Waals surface area contributed by atoms with Crippen LogP contribution in [0.25, 0.3) is 0 Å². The lowest BCUT2D eigenvalue weighted by Crippen LogP contribution is -2.52. The molecule has 0 saturated carbocycles. The number of carbonyl (C=O) groups excluding carboxylic acids is 1. The summed E-state index contributed by atoms with van der Waals surface area (Å²) in [7, 11) is 1.77. The van der Waals surface area contributed by atoms with Gasteiger partial charge in [0, 0.05) is 49.7 Å². The fraction of sp³-hybridized carbons (Fsp3) is 0.417. The predicted molar refractivity (Wildman–Crippen MR) is 139 cm³/mol. The first kappa shape index (κ1) is 25.1. The number of halogens is 1. The number of para-hydroxylation sites is 1. The monoisotopic (exact) mass is 535 g/mol. The maximum absolute atomic E-state index is 12.0. The van der Waals surface area contributed by atoms with Gasteiger partial charge in [-0.3, -0.25) is 9.79 Å². The lowest BCUT2D eigenvalue weighted by molar-refractivity contribution is -0.116. The van der Waals surface area contributed by atoms with Gasteiger partial charge in [-0.2, -0.15) is 0 Å². The van der Waals surface area contributed by atoms with Crippen molar-refractivity contribution in [2.75, 3.05) is 25.5 Å². The molecule has 0 fully saturated rings. The van der Waals surface area contributed by atoms with Crippen molar-refractivity contribution < 1.29 is 4.79 Å². The first-order chi connectivity index (χ1) is 14.4. The van der Waals surface area contributed by atoms with Gasteiger partial charge in [0.25, 0.3) is 0 Å². The van der Waals surface area contributed by atoms with E-state index in [9.17, 15) is 4.79 Å². The van der Waals surface area contributed by atoms with E-state index in [1.54, 1.807) is 7.05 Å². The van der Waals surface area contributed by atoms with Crippen molar-refractivity contribution in [2.24, 2.45) is 4.99 Å². The molecule has 0 spiro atoms. The molecule has 7 heteroatoms. The highest BCUT2D eigenvalue weighted by Gasteiger charge is 2.25. The SMILES string of the molecule is CN=C(NCC1CC(=O)Nc2ccccc21)NCC(C)(C)NC(C)c1ccccc1.I. The second kappa shape index (κ2) is 11.5. The van der Waals surface area contributed by atoms with Crippen LogP contribution >= 0.6 is 24.0 Å². The molecule has 2 unspecified atom stereocenters. The summed E-state index contributed by atoms with van der Waals surface area (Å²) in [6.07, 6.45) is 0.475. The van der Waals surface area contributed by atoms with Crippen LogP contribution in [0.1, 0.15) is 50.3 Å². The smallest absolute Gasteiger partial charge is 0.225 e. The number of amides is 1. The fourth-order valence-electron chi connectivity index (χ4n) is 3.89. The summed E-state index contributed by atoms with van der Waals surface area (Å²) in [6, 6.07) is 18.7. The van der Waals surface area contributed by atoms with Gasteiger partial charge in [0.1, 0.15) is 0 Å². The van der Waals surface area contributed by atoms with Crippen molar-refractivity contribution >= 4 is 41.5 Å². The molecule has 2 atom stereocenters. The Bertz CT molecular complexity index is 885. The molecule has 1 aliphatic heterocycles. The molecule has 1 heterocycles. The van der Waals surface area contributed by atoms with E-state index < -0.39 is 0 Å². The fourth-order valence-corrected chi connectivity index (χ4v) is 3.89. The predicted octanol–water partition coefficient (Wildman–Crippen LogP) is 4.02. The number of rotatable bonds is 7. The van der Waals surface area contributed by atoms with Gasteiger partial charge in [-0.25, -0.2) is 0 Å². The summed E-state index contributed by atoms with van der Waals surface area (Å²) in [5.74, 6) is 0.919. The molecular formula is C24H34IN5O. The molecule has 0 aromatic heterocycles. The Morgan fingerprint density at radius 1 is 1.13 bits per heavy atom. The number of nitrogens with zero attached hydrogens (tertiary/aromatic N) is 1. The van der Waals surface area contributed by atoms with Crippen molar-refractivity contribution in [3.05, 3.63) is 65.7 Å². The van der Waals surface area contributed by atoms with Gasteiger partial charge in [-0.15, -0.1) is 24.0 Å². The topological polar surface area (TPSA) is 77.5 Å². The molecule has 31 heavy (non-hydrogen) atoms. The van der Waals surface area contributed by atoms with E-state index in [2.05, 4.69) is 77.4 Å². The molecule has 1 amide bonds. The number of hydrogen-bond donors (Lipinski definition) is 4. The summed E-state index contributed by atoms with van der Waals surface area (Å²) >= 11 is 0. The van der Waals surface area contributed by atoms with Gasteiger partial charge in [0.05, 0.1) is 0 Å². The number of carbonyl (C=O) groups is 1. The summed E-state index contributed by atoms with van der Waals surface area (Å²) in [5, 5.41) is 13.4. The van der Waals surface area contributed by atoms with Crippen LogP contribution in [-0.2, 0) is 4.79 Å². The second-order valence-electron chi connectivity index (χ2n) is 8.50. The van der Waals surface area contributed by atoms with Gasteiger partial charge in [-0.1, -0.05) is 48.5 Å². The third kappa shape index (κ3) is 7.21. The maximum atomic E-state index is 12.0. The lowest BCUT2D eigenvalue weighted by atomic mass is 9.90. The Hall–Kier alpha value is -2.13. The minimum absolute atomic E-state index is 0. The first-order valence-electron chi connectivity index (χ1n) is 10.5. The molecule has 3 rings (SSSR count). The van der Waals surface area contributed by atoms with E-state index in [4.69, 9.17) is 0 Å². The highest BCUT2D eigenvalue weighted by Crippen LogP contribution is 2.31. The molecule has 4 N–H and O–H groups in total. The Labute approximate surface area is 202 Å². The van der Waals surface area contributed by atoms with Gasteiger partial charge < -0.3 is 21.3 Å². The summed E-state index contributed by atoms with van der Waals surface area (Å²) in [5.41, 5.74) is 3.20. The van der Waals surface area contributed by atoms with E-state index in [-0.39, 0.29) is 47.4 Å². The van der Waals surface area contributed by atoms with Crippen LogP contribution in [0.4, 0.5) is 5.69 Å². The number of benzene rings is 2. The van der Waals surface area contributed by atoms with E-state index in [0.717, 1.165) is 11.6 Å². The second-order valence-corrected chi connectivity index (χ2v) is 8.50. The third-order valence-electron chi connectivity index (χ3n) is 5.45. The average molecular weight is 535 g/mol. The summed E-state index contributed by atoms with van der Waals surface area (Å²) in [6.45, 7) is 7.89. The van der Waals surface area contributed by atoms with Crippen molar-refractivity contribution in [3.63, 3.8) is 0 Å². The highest BCUT2D eigenvalue weighted by molar-refractivity contribution is 14.0. The Morgan fingerprint density at radius 3 is 2.52 bits per heavy atom. The number of aliphatic imine (C=N–C) groups is 1. The zero-order chi connectivity index (χ0) is 21.6. The number of hydrogen-bond acceptors (Lipinski definition) is 3. The van der Waals surface area contributed by atoms with Gasteiger partial charge >= 0.3 is 0 Å². The van der Waals surface area contributed by atoms with E-state index in [0.29, 0.717) is 19.5 Å². The lowest BCUT2D eigenvalue weighted by Gasteiger charge is -2.32. The zero-order valence-corrected chi connectivity index (χ0v) is 21.1. The van der Waals surface area contributed by atoms with Crippen molar-refractivity contribution in [3.8, 4) is 0 Å². The average Bonchev–Trinajstić information content (AvgIpc) is 2.74. The molecule has 1 aliphatic rings. The first-order valence-corrected chi connectivity index (χ1v) is 10.5. The van der Waals surface area contributed by atoms with Crippen LogP contribution in [0, 0.1) is 0 Å². The third-order valence-corrected chi connectivity index (χ3v) is 5.45. The number of anilines is 1. The van der Waals surface area contributed by atoms with Crippen LogP contribution < -0.4 is 21.3 Å². The zero-order valence-electron chi connectivity index (χ0n) is 18.7. The Morgan fingerprint density at radius 2 is 1.81 bits per heavy atom. The van der Waals surface area contributed by atoms with Crippen LogP contribution in [-0.4, -0.2) is 37.5 Å². The molecule has 0 radical (unpaired) electrons. The van der Waals surface area contributed by atoms with E-state index >= 15 is 0 Å². The van der Waals surface area contributed by atoms with E-state index in [1.165, 1.54) is 11.1 Å². The molecule has 0 aliphatic carbocycles. The molecular weight excluding hydrogens is 501 g/mol. The van der Waals surface area contributed by atoms with Crippen molar-refractivity contribution in [2.45, 2.75) is 44.7 Å². The Balaban J connectivity index is 0.00000341. The number of fused-ring (bicyclic) bond motifs is 1. The standard InChI is InChI=1S/C24H33N5O.HI/c1-17(18-10-6-5-7-11-18)29-24(2,3)16-27-23(25-4)26-15-19-14-22(30)28-21-13-9-8-12-20(19)21;/h5-13,17,19,29H,14-16H2,1-4H3,(H,28,30)(H2,25,26,27);1H. The summed E-state index contributed by atoms with van der Waals surface area (Å²) < 4.78 is 0. The van der Waals surface area contributed by atoms with Crippen LogP contribution in [0.15, 0.2) is 59.6 Å². The van der Waals surface area contributed by atoms with Gasteiger partial charge in [0.2, 0.25) is 5.91 Å². The van der Waals surface area contributed by atoms with Gasteiger partial charge in [-0.05, 0) is 38.0 Å². The Kier molecular flexibility index (Phi) is 9.31. The molecule has 168 valence electrons. The number of guanidine groups is 1. The van der Waals surface area contributed by atoms with Crippen LogP contribution in [0.3, 0.4) is 0 Å². The van der Waals surface area contributed by atoms with E-state index in [1.807, 2.05) is 24.3 Å². The minimum Gasteiger partial charge on any atom is -0.356 e. The minimum atomic E-state index is -0.135. The van der Waals surface area contributed by atoms with Crippen molar-refractivity contribution in [1.29, 1.82) is 0 Å². The normalized spacial score (nSPS) is 17.1. The number of nitrogens with one attached hydrogen (secondary N) is 4. The molecule has 0 saturated heterocycles. The molecule has 0 bridgehead atoms. The van der Waals surface area contributed by atoms with Crippen LogP contribution in [0.2, 0.25) is 0 Å². The van der Waals surface area contributed by atoms with Gasteiger partial charge in [0.15, 0.2) is 5.96 Å². The summed E-state index contributed by atoms with van der Waals surface area (Å²) in [4.78, 5) is 16.4. The maximum Gasteiger partial charge on any atom is 0.225 e. The molecule has 6 nitrogen and oxygen atoms in total. The van der Waals surface area contributed by atoms with Crippen LogP contribution in [0.5, 0.6) is 0 Å². The van der Waals surface area contributed by atoms with Crippen molar-refractivity contribution in [1.82, 2.24) is 16.0 Å². The highest BCUT2D eigenvalue weighted by atomic mass is 127. The molecule has 2 aromatic rings. The largest absolute Gasteiger partial charge is 0.356 e.